The number of hydrogen-bond donors (Lipinski definition) is 3. The van der Waals surface area contributed by atoms with Gasteiger partial charge in [0, 0.05) is 24.4 Å². The van der Waals surface area contributed by atoms with Crippen LogP contribution in [0.25, 0.3) is 6.08 Å². The minimum absolute atomic E-state index is 0.0728. The zero-order chi connectivity index (χ0) is 18.4. The number of anilines is 1. The van der Waals surface area contributed by atoms with Gasteiger partial charge in [0.25, 0.3) is 10.0 Å². The van der Waals surface area contributed by atoms with E-state index in [1.54, 1.807) is 18.2 Å². The molecule has 0 aliphatic rings. The summed E-state index contributed by atoms with van der Waals surface area (Å²) in [7, 11) is -2.25. The molecular formula is C17H17N3O4S. The number of sulfonamides is 1. The Morgan fingerprint density at radius 1 is 1.00 bits per heavy atom. The number of rotatable bonds is 6. The van der Waals surface area contributed by atoms with Crippen LogP contribution < -0.4 is 15.8 Å². The molecule has 8 heteroatoms. The molecule has 0 atom stereocenters. The molecule has 2 amide bonds. The number of carbonyl (C=O) groups is 2. The first-order valence-corrected chi connectivity index (χ1v) is 8.73. The molecule has 0 aliphatic heterocycles. The van der Waals surface area contributed by atoms with Crippen molar-refractivity contribution >= 4 is 33.6 Å². The van der Waals surface area contributed by atoms with Crippen LogP contribution in [0.5, 0.6) is 0 Å². The molecule has 25 heavy (non-hydrogen) atoms. The molecule has 0 saturated heterocycles. The van der Waals surface area contributed by atoms with E-state index in [1.165, 1.54) is 49.5 Å². The Bertz CT molecular complexity index is 902. The maximum absolute atomic E-state index is 12.4. The van der Waals surface area contributed by atoms with Gasteiger partial charge in [-0.15, -0.1) is 0 Å². The predicted octanol–water partition coefficient (Wildman–Crippen LogP) is 1.35. The molecule has 4 N–H and O–H groups in total. The molecule has 0 aliphatic carbocycles. The molecule has 0 spiro atoms. The normalized spacial score (nSPS) is 11.2. The molecule has 7 nitrogen and oxygen atoms in total. The number of hydrogen-bond acceptors (Lipinski definition) is 4. The maximum atomic E-state index is 12.4. The number of nitrogens with two attached hydrogens (primary N) is 1. The van der Waals surface area contributed by atoms with Gasteiger partial charge in [-0.05, 0) is 48.0 Å². The van der Waals surface area contributed by atoms with Gasteiger partial charge < -0.3 is 11.1 Å². The van der Waals surface area contributed by atoms with Gasteiger partial charge in [-0.3, -0.25) is 14.3 Å². The lowest BCUT2D eigenvalue weighted by Gasteiger charge is -2.08. The van der Waals surface area contributed by atoms with E-state index in [0.717, 1.165) is 0 Å². The summed E-state index contributed by atoms with van der Waals surface area (Å²) in [6, 6.07) is 11.8. The van der Waals surface area contributed by atoms with E-state index in [-0.39, 0.29) is 16.4 Å². The molecule has 0 heterocycles. The van der Waals surface area contributed by atoms with Crippen LogP contribution in [0.4, 0.5) is 5.69 Å². The van der Waals surface area contributed by atoms with Crippen LogP contribution in [0.1, 0.15) is 15.9 Å². The quantitative estimate of drug-likeness (QED) is 0.675. The van der Waals surface area contributed by atoms with Crippen LogP contribution >= 0.6 is 0 Å². The fraction of sp³-hybridized carbons (Fsp3) is 0.0588. The highest BCUT2D eigenvalue weighted by molar-refractivity contribution is 7.92. The smallest absolute Gasteiger partial charge is 0.261 e. The van der Waals surface area contributed by atoms with E-state index in [0.29, 0.717) is 11.3 Å². The van der Waals surface area contributed by atoms with Crippen molar-refractivity contribution in [2.45, 2.75) is 4.90 Å². The van der Waals surface area contributed by atoms with Gasteiger partial charge in [0.15, 0.2) is 0 Å². The standard InChI is InChI=1S/C17H17N3O4S/c1-19-16(21)11-4-12-2-9-15(10-3-12)25(23,24)20-14-7-5-13(6-8-14)17(18)22/h2-11,20H,1H3,(H2,18,22)(H,19,21)/b11-4+. The zero-order valence-electron chi connectivity index (χ0n) is 13.4. The molecular weight excluding hydrogens is 342 g/mol. The molecule has 0 radical (unpaired) electrons. The van der Waals surface area contributed by atoms with Gasteiger partial charge >= 0.3 is 0 Å². The summed E-state index contributed by atoms with van der Waals surface area (Å²) in [6.07, 6.45) is 2.92. The minimum Gasteiger partial charge on any atom is -0.366 e. The van der Waals surface area contributed by atoms with Crippen molar-refractivity contribution in [1.29, 1.82) is 0 Å². The van der Waals surface area contributed by atoms with Crippen LogP contribution in [-0.4, -0.2) is 27.3 Å². The van der Waals surface area contributed by atoms with Crippen LogP contribution in [0, 0.1) is 0 Å². The van der Waals surface area contributed by atoms with Gasteiger partial charge in [0.05, 0.1) is 4.90 Å². The Morgan fingerprint density at radius 2 is 1.60 bits per heavy atom. The van der Waals surface area contributed by atoms with Crippen LogP contribution in [0.2, 0.25) is 0 Å². The second kappa shape index (κ2) is 7.63. The highest BCUT2D eigenvalue weighted by Gasteiger charge is 2.14. The second-order valence-corrected chi connectivity index (χ2v) is 6.75. The van der Waals surface area contributed by atoms with Gasteiger partial charge in [-0.25, -0.2) is 8.42 Å². The van der Waals surface area contributed by atoms with E-state index in [9.17, 15) is 18.0 Å². The Morgan fingerprint density at radius 3 is 2.12 bits per heavy atom. The second-order valence-electron chi connectivity index (χ2n) is 5.06. The average molecular weight is 359 g/mol. The van der Waals surface area contributed by atoms with Crippen LogP contribution in [0.15, 0.2) is 59.5 Å². The van der Waals surface area contributed by atoms with Crippen molar-refractivity contribution in [3.63, 3.8) is 0 Å². The highest BCUT2D eigenvalue weighted by atomic mass is 32.2. The van der Waals surface area contributed by atoms with Gasteiger partial charge in [-0.1, -0.05) is 12.1 Å². The minimum atomic E-state index is -3.77. The van der Waals surface area contributed by atoms with Crippen molar-refractivity contribution in [3.8, 4) is 0 Å². The highest BCUT2D eigenvalue weighted by Crippen LogP contribution is 2.17. The third-order valence-electron chi connectivity index (χ3n) is 3.29. The topological polar surface area (TPSA) is 118 Å². The molecule has 0 saturated carbocycles. The van der Waals surface area contributed by atoms with Crippen molar-refractivity contribution in [1.82, 2.24) is 5.32 Å². The molecule has 2 rings (SSSR count). The first-order valence-electron chi connectivity index (χ1n) is 7.24. The van der Waals surface area contributed by atoms with Crippen LogP contribution in [0.3, 0.4) is 0 Å². The molecule has 0 bridgehead atoms. The number of nitrogens with one attached hydrogen (secondary N) is 2. The zero-order valence-corrected chi connectivity index (χ0v) is 14.2. The number of carbonyl (C=O) groups excluding carboxylic acids is 2. The summed E-state index contributed by atoms with van der Waals surface area (Å²) >= 11 is 0. The van der Waals surface area contributed by atoms with Gasteiger partial charge in [-0.2, -0.15) is 0 Å². The fourth-order valence-corrected chi connectivity index (χ4v) is 2.99. The molecule has 130 valence electrons. The Balaban J connectivity index is 2.15. The summed E-state index contributed by atoms with van der Waals surface area (Å²) in [5, 5.41) is 2.45. The Hall–Kier alpha value is -3.13. The number of likely N-dealkylation sites (N-methyl/N-ethyl adjacent to an activating group) is 1. The fourth-order valence-electron chi connectivity index (χ4n) is 1.93. The maximum Gasteiger partial charge on any atom is 0.261 e. The summed E-state index contributed by atoms with van der Waals surface area (Å²) in [5.41, 5.74) is 6.43. The van der Waals surface area contributed by atoms with Crippen molar-refractivity contribution in [2.24, 2.45) is 5.73 Å². The first-order chi connectivity index (χ1) is 11.8. The van der Waals surface area contributed by atoms with Crippen LogP contribution in [-0.2, 0) is 14.8 Å². The lowest BCUT2D eigenvalue weighted by molar-refractivity contribution is -0.115. The summed E-state index contributed by atoms with van der Waals surface area (Å²) < 4.78 is 27.1. The molecule has 2 aromatic rings. The predicted molar refractivity (Wildman–Crippen MR) is 95.3 cm³/mol. The van der Waals surface area contributed by atoms with E-state index >= 15 is 0 Å². The largest absolute Gasteiger partial charge is 0.366 e. The molecule has 2 aromatic carbocycles. The summed E-state index contributed by atoms with van der Waals surface area (Å²) in [5.74, 6) is -0.840. The van der Waals surface area contributed by atoms with E-state index in [4.69, 9.17) is 5.73 Å². The van der Waals surface area contributed by atoms with Crippen molar-refractivity contribution < 1.29 is 18.0 Å². The summed E-state index contributed by atoms with van der Waals surface area (Å²) in [4.78, 5) is 22.2. The Kier molecular flexibility index (Phi) is 5.56. The molecule has 0 aromatic heterocycles. The molecule has 0 fully saturated rings. The van der Waals surface area contributed by atoms with Gasteiger partial charge in [0.1, 0.15) is 0 Å². The first kappa shape index (κ1) is 18.2. The van der Waals surface area contributed by atoms with E-state index < -0.39 is 15.9 Å². The number of amides is 2. The number of benzene rings is 2. The van der Waals surface area contributed by atoms with Crippen molar-refractivity contribution in [3.05, 3.63) is 65.7 Å². The lowest BCUT2D eigenvalue weighted by atomic mass is 10.2. The van der Waals surface area contributed by atoms with Crippen molar-refractivity contribution in [2.75, 3.05) is 11.8 Å². The van der Waals surface area contributed by atoms with E-state index in [2.05, 4.69) is 10.0 Å². The SMILES string of the molecule is CNC(=O)/C=C/c1ccc(S(=O)(=O)Nc2ccc(C(N)=O)cc2)cc1. The number of primary amides is 1. The van der Waals surface area contributed by atoms with Gasteiger partial charge in [0.2, 0.25) is 11.8 Å². The Labute approximate surface area is 145 Å². The monoisotopic (exact) mass is 359 g/mol. The van der Waals surface area contributed by atoms with E-state index in [1.807, 2.05) is 0 Å². The third-order valence-corrected chi connectivity index (χ3v) is 4.68. The lowest BCUT2D eigenvalue weighted by Crippen LogP contribution is -2.14. The third kappa shape index (κ3) is 4.92. The molecule has 0 unspecified atom stereocenters. The summed E-state index contributed by atoms with van der Waals surface area (Å²) in [6.45, 7) is 0. The average Bonchev–Trinajstić information content (AvgIpc) is 2.60.